The lowest BCUT2D eigenvalue weighted by Gasteiger charge is -2.30. The monoisotopic (exact) mass is 218 g/mol. The summed E-state index contributed by atoms with van der Waals surface area (Å²) in [7, 11) is 1.73. The second kappa shape index (κ2) is 3.96. The number of carbonyl (C=O) groups is 2. The molecular formula is C12H14N2O2. The summed E-state index contributed by atoms with van der Waals surface area (Å²) in [5.41, 5.74) is 1.40. The molecule has 2 rings (SSSR count). The van der Waals surface area contributed by atoms with Crippen LogP contribution in [0.25, 0.3) is 0 Å². The maximum atomic E-state index is 11.6. The molecule has 0 saturated carbocycles. The fraction of sp³-hybridized carbons (Fsp3) is 0.333. The molecule has 0 aromatic heterocycles. The second-order valence-corrected chi connectivity index (χ2v) is 3.99. The van der Waals surface area contributed by atoms with Crippen molar-refractivity contribution in [1.29, 1.82) is 0 Å². The number of hydrogen-bond acceptors (Lipinski definition) is 3. The first-order chi connectivity index (χ1) is 7.65. The van der Waals surface area contributed by atoms with E-state index in [1.807, 2.05) is 30.1 Å². The van der Waals surface area contributed by atoms with Gasteiger partial charge in [0.2, 0.25) is 5.91 Å². The van der Waals surface area contributed by atoms with E-state index in [0.717, 1.165) is 12.0 Å². The Morgan fingerprint density at radius 2 is 2.06 bits per heavy atom. The van der Waals surface area contributed by atoms with Gasteiger partial charge in [-0.15, -0.1) is 0 Å². The first-order valence-corrected chi connectivity index (χ1v) is 5.25. The van der Waals surface area contributed by atoms with Gasteiger partial charge in [-0.05, 0) is 19.1 Å². The van der Waals surface area contributed by atoms with Gasteiger partial charge in [-0.1, -0.05) is 12.1 Å². The topological polar surface area (TPSA) is 40.6 Å². The van der Waals surface area contributed by atoms with Crippen LogP contribution in [0.3, 0.4) is 0 Å². The summed E-state index contributed by atoms with van der Waals surface area (Å²) in [5, 5.41) is 3.44. The molecule has 1 saturated heterocycles. The van der Waals surface area contributed by atoms with Gasteiger partial charge < -0.3 is 0 Å². The fourth-order valence-corrected chi connectivity index (χ4v) is 2.08. The van der Waals surface area contributed by atoms with E-state index in [1.54, 1.807) is 18.1 Å². The quantitative estimate of drug-likeness (QED) is 0.706. The van der Waals surface area contributed by atoms with E-state index in [-0.39, 0.29) is 11.9 Å². The summed E-state index contributed by atoms with van der Waals surface area (Å²) in [4.78, 5) is 22.5. The molecular weight excluding hydrogens is 204 g/mol. The normalized spacial score (nSPS) is 20.4. The summed E-state index contributed by atoms with van der Waals surface area (Å²) in [5.74, 6) is 0.0770. The van der Waals surface area contributed by atoms with Gasteiger partial charge in [0.25, 0.3) is 0 Å². The molecule has 4 heteroatoms. The Morgan fingerprint density at radius 1 is 1.38 bits per heavy atom. The Hall–Kier alpha value is -1.84. The molecule has 0 bridgehead atoms. The van der Waals surface area contributed by atoms with E-state index >= 15 is 0 Å². The molecule has 1 heterocycles. The minimum atomic E-state index is 0.0770. The third kappa shape index (κ3) is 1.56. The van der Waals surface area contributed by atoms with Crippen molar-refractivity contribution in [3.8, 4) is 0 Å². The van der Waals surface area contributed by atoms with Crippen molar-refractivity contribution in [2.45, 2.75) is 19.4 Å². The van der Waals surface area contributed by atoms with Crippen LogP contribution in [0.15, 0.2) is 24.3 Å². The summed E-state index contributed by atoms with van der Waals surface area (Å²) >= 11 is 0. The number of hydrogen-bond donors (Lipinski definition) is 0. The molecule has 0 spiro atoms. The van der Waals surface area contributed by atoms with Crippen molar-refractivity contribution in [2.75, 3.05) is 12.1 Å². The van der Waals surface area contributed by atoms with E-state index in [0.29, 0.717) is 12.0 Å². The lowest BCUT2D eigenvalue weighted by molar-refractivity contribution is -0.126. The van der Waals surface area contributed by atoms with Crippen LogP contribution in [-0.4, -0.2) is 30.3 Å². The summed E-state index contributed by atoms with van der Waals surface area (Å²) in [6.07, 6.45) is 1.31. The minimum Gasteiger partial charge on any atom is -0.298 e. The van der Waals surface area contributed by atoms with E-state index in [4.69, 9.17) is 0 Å². The smallest absolute Gasteiger partial charge is 0.242 e. The number of rotatable bonds is 2. The highest BCUT2D eigenvalue weighted by atomic mass is 16.2. The van der Waals surface area contributed by atoms with Crippen LogP contribution in [0.4, 0.5) is 5.69 Å². The van der Waals surface area contributed by atoms with E-state index in [2.05, 4.69) is 0 Å². The molecule has 84 valence electrons. The number of benzene rings is 1. The molecule has 0 aliphatic carbocycles. The SMILES string of the molecule is CC1CC(=O)N(C)N1c1ccccc1C=O. The number of amides is 1. The Kier molecular flexibility index (Phi) is 2.64. The van der Waals surface area contributed by atoms with Gasteiger partial charge in [0.05, 0.1) is 18.2 Å². The molecule has 1 fully saturated rings. The molecule has 1 atom stereocenters. The van der Waals surface area contributed by atoms with Crippen molar-refractivity contribution in [1.82, 2.24) is 5.01 Å². The number of anilines is 1. The molecule has 1 aromatic carbocycles. The van der Waals surface area contributed by atoms with Crippen LogP contribution in [0.2, 0.25) is 0 Å². The Balaban J connectivity index is 2.43. The Morgan fingerprint density at radius 3 is 2.62 bits per heavy atom. The predicted molar refractivity (Wildman–Crippen MR) is 61.2 cm³/mol. The standard InChI is InChI=1S/C12H14N2O2/c1-9-7-12(16)13(2)14(9)11-6-4-3-5-10(11)8-15/h3-6,8-9H,7H2,1-2H3. The third-order valence-corrected chi connectivity index (χ3v) is 2.88. The van der Waals surface area contributed by atoms with Gasteiger partial charge in [0.15, 0.2) is 6.29 Å². The number of hydrazine groups is 1. The van der Waals surface area contributed by atoms with Crippen LogP contribution in [-0.2, 0) is 4.79 Å². The summed E-state index contributed by atoms with van der Waals surface area (Å²) in [6, 6.07) is 7.39. The predicted octanol–water partition coefficient (Wildman–Crippen LogP) is 1.47. The highest BCUT2D eigenvalue weighted by molar-refractivity contribution is 5.88. The van der Waals surface area contributed by atoms with Crippen LogP contribution in [0.1, 0.15) is 23.7 Å². The Bertz CT molecular complexity index is 431. The molecule has 16 heavy (non-hydrogen) atoms. The van der Waals surface area contributed by atoms with Crippen LogP contribution >= 0.6 is 0 Å². The number of aldehydes is 1. The van der Waals surface area contributed by atoms with Crippen molar-refractivity contribution in [2.24, 2.45) is 0 Å². The molecule has 4 nitrogen and oxygen atoms in total. The summed E-state index contributed by atoms with van der Waals surface area (Å²) in [6.45, 7) is 1.98. The van der Waals surface area contributed by atoms with E-state index in [1.165, 1.54) is 0 Å². The largest absolute Gasteiger partial charge is 0.298 e. The van der Waals surface area contributed by atoms with Crippen LogP contribution in [0.5, 0.6) is 0 Å². The van der Waals surface area contributed by atoms with Gasteiger partial charge in [-0.2, -0.15) is 0 Å². The molecule has 0 radical (unpaired) electrons. The van der Waals surface area contributed by atoms with E-state index < -0.39 is 0 Å². The van der Waals surface area contributed by atoms with Gasteiger partial charge in [-0.25, -0.2) is 0 Å². The number of para-hydroxylation sites is 1. The van der Waals surface area contributed by atoms with E-state index in [9.17, 15) is 9.59 Å². The van der Waals surface area contributed by atoms with Crippen molar-refractivity contribution < 1.29 is 9.59 Å². The molecule has 1 aliphatic heterocycles. The Labute approximate surface area is 94.4 Å². The highest BCUT2D eigenvalue weighted by Gasteiger charge is 2.33. The minimum absolute atomic E-state index is 0.0770. The zero-order valence-electron chi connectivity index (χ0n) is 9.38. The van der Waals surface area contributed by atoms with Gasteiger partial charge in [0, 0.05) is 12.6 Å². The molecule has 1 aliphatic rings. The molecule has 1 unspecified atom stereocenters. The number of carbonyl (C=O) groups excluding carboxylic acids is 2. The first kappa shape index (κ1) is 10.7. The second-order valence-electron chi connectivity index (χ2n) is 3.99. The fourth-order valence-electron chi connectivity index (χ4n) is 2.08. The van der Waals surface area contributed by atoms with Gasteiger partial charge in [-0.3, -0.25) is 19.6 Å². The average molecular weight is 218 g/mol. The lowest BCUT2D eigenvalue weighted by atomic mass is 10.1. The molecule has 1 aromatic rings. The highest BCUT2D eigenvalue weighted by Crippen LogP contribution is 2.28. The number of nitrogens with zero attached hydrogens (tertiary/aromatic N) is 2. The summed E-state index contributed by atoms with van der Waals surface area (Å²) < 4.78 is 0. The zero-order valence-corrected chi connectivity index (χ0v) is 9.38. The van der Waals surface area contributed by atoms with Crippen LogP contribution in [0, 0.1) is 0 Å². The average Bonchev–Trinajstić information content (AvgIpc) is 2.53. The third-order valence-electron chi connectivity index (χ3n) is 2.88. The first-order valence-electron chi connectivity index (χ1n) is 5.25. The lowest BCUT2D eigenvalue weighted by Crippen LogP contribution is -2.39. The van der Waals surface area contributed by atoms with Gasteiger partial charge >= 0.3 is 0 Å². The maximum absolute atomic E-state index is 11.6. The molecule has 1 amide bonds. The van der Waals surface area contributed by atoms with Gasteiger partial charge in [0.1, 0.15) is 0 Å². The zero-order chi connectivity index (χ0) is 11.7. The van der Waals surface area contributed by atoms with Crippen LogP contribution < -0.4 is 5.01 Å². The van der Waals surface area contributed by atoms with Crippen molar-refractivity contribution in [3.05, 3.63) is 29.8 Å². The van der Waals surface area contributed by atoms with Crippen molar-refractivity contribution >= 4 is 17.9 Å². The maximum Gasteiger partial charge on any atom is 0.242 e. The molecule has 0 N–H and O–H groups in total. The van der Waals surface area contributed by atoms with Crippen molar-refractivity contribution in [3.63, 3.8) is 0 Å².